The van der Waals surface area contributed by atoms with E-state index in [4.69, 9.17) is 9.52 Å². The second-order valence-corrected chi connectivity index (χ2v) is 2.80. The van der Waals surface area contributed by atoms with E-state index in [-0.39, 0.29) is 6.61 Å². The van der Waals surface area contributed by atoms with E-state index in [1.54, 1.807) is 6.92 Å². The minimum atomic E-state index is -0.423. The molecule has 0 aliphatic carbocycles. The topological polar surface area (TPSA) is 46.3 Å². The van der Waals surface area contributed by atoms with Crippen LogP contribution < -0.4 is 0 Å². The highest BCUT2D eigenvalue weighted by Crippen LogP contribution is 2.20. The van der Waals surface area contributed by atoms with Gasteiger partial charge in [0.15, 0.2) is 11.5 Å². The van der Waals surface area contributed by atoms with Gasteiger partial charge in [-0.25, -0.2) is 9.37 Å². The molecule has 2 aromatic rings. The number of hydrogen-bond donors (Lipinski definition) is 1. The Hall–Kier alpha value is -1.42. The van der Waals surface area contributed by atoms with Crippen molar-refractivity contribution in [1.29, 1.82) is 0 Å². The number of fused-ring (bicyclic) bond motifs is 1. The van der Waals surface area contributed by atoms with Crippen molar-refractivity contribution in [1.82, 2.24) is 4.98 Å². The number of rotatable bonds is 1. The SMILES string of the molecule is Cc1nc2c(CO)cc(F)cc2o1. The van der Waals surface area contributed by atoms with Crippen LogP contribution in [-0.4, -0.2) is 10.1 Å². The second kappa shape index (κ2) is 2.81. The number of oxazole rings is 1. The molecule has 0 bridgehead atoms. The lowest BCUT2D eigenvalue weighted by atomic mass is 10.2. The fourth-order valence-electron chi connectivity index (χ4n) is 1.29. The molecule has 13 heavy (non-hydrogen) atoms. The zero-order valence-corrected chi connectivity index (χ0v) is 7.04. The monoisotopic (exact) mass is 181 g/mol. The van der Waals surface area contributed by atoms with Gasteiger partial charge in [0.05, 0.1) is 6.61 Å². The molecule has 0 saturated carbocycles. The summed E-state index contributed by atoms with van der Waals surface area (Å²) >= 11 is 0. The summed E-state index contributed by atoms with van der Waals surface area (Å²) in [6.45, 7) is 1.44. The first-order valence-corrected chi connectivity index (χ1v) is 3.87. The molecule has 68 valence electrons. The molecule has 2 rings (SSSR count). The zero-order valence-electron chi connectivity index (χ0n) is 7.04. The van der Waals surface area contributed by atoms with Crippen LogP contribution >= 0.6 is 0 Å². The van der Waals surface area contributed by atoms with E-state index in [1.165, 1.54) is 12.1 Å². The van der Waals surface area contributed by atoms with Gasteiger partial charge in [0.1, 0.15) is 11.3 Å². The van der Waals surface area contributed by atoms with E-state index in [1.807, 2.05) is 0 Å². The fraction of sp³-hybridized carbons (Fsp3) is 0.222. The van der Waals surface area contributed by atoms with Gasteiger partial charge in [-0.2, -0.15) is 0 Å². The summed E-state index contributed by atoms with van der Waals surface area (Å²) in [5.74, 6) is 0.0444. The van der Waals surface area contributed by atoms with Crippen molar-refractivity contribution in [3.05, 3.63) is 29.4 Å². The van der Waals surface area contributed by atoms with Crippen LogP contribution in [0.25, 0.3) is 11.1 Å². The molecule has 0 aliphatic heterocycles. The Bertz CT molecular complexity index is 450. The molecule has 1 aromatic carbocycles. The van der Waals surface area contributed by atoms with Gasteiger partial charge in [0.25, 0.3) is 0 Å². The number of halogens is 1. The van der Waals surface area contributed by atoms with E-state index in [9.17, 15) is 4.39 Å². The first-order valence-electron chi connectivity index (χ1n) is 3.87. The summed E-state index contributed by atoms with van der Waals surface area (Å²) in [6.07, 6.45) is 0. The molecule has 4 heteroatoms. The number of benzene rings is 1. The maximum absolute atomic E-state index is 12.9. The third-order valence-corrected chi connectivity index (χ3v) is 1.82. The molecular weight excluding hydrogens is 173 g/mol. The van der Waals surface area contributed by atoms with Gasteiger partial charge in [0, 0.05) is 18.6 Å². The van der Waals surface area contributed by atoms with Crippen LogP contribution in [0.15, 0.2) is 16.5 Å². The highest BCUT2D eigenvalue weighted by atomic mass is 19.1. The summed E-state index contributed by atoms with van der Waals surface area (Å²) in [4.78, 5) is 4.03. The quantitative estimate of drug-likeness (QED) is 0.729. The fourth-order valence-corrected chi connectivity index (χ4v) is 1.29. The van der Waals surface area contributed by atoms with Crippen molar-refractivity contribution < 1.29 is 13.9 Å². The second-order valence-electron chi connectivity index (χ2n) is 2.80. The Kier molecular flexibility index (Phi) is 1.77. The molecule has 0 amide bonds. The number of hydrogen-bond acceptors (Lipinski definition) is 3. The number of aryl methyl sites for hydroxylation is 1. The van der Waals surface area contributed by atoms with Gasteiger partial charge in [-0.15, -0.1) is 0 Å². The molecule has 0 saturated heterocycles. The van der Waals surface area contributed by atoms with Crippen LogP contribution in [0.2, 0.25) is 0 Å². The Morgan fingerprint density at radius 2 is 2.31 bits per heavy atom. The van der Waals surface area contributed by atoms with Crippen LogP contribution in [0.3, 0.4) is 0 Å². The minimum absolute atomic E-state index is 0.236. The molecule has 1 N–H and O–H groups in total. The molecule has 0 aliphatic rings. The van der Waals surface area contributed by atoms with Crippen molar-refractivity contribution >= 4 is 11.1 Å². The average Bonchev–Trinajstić information content (AvgIpc) is 2.43. The largest absolute Gasteiger partial charge is 0.441 e. The van der Waals surface area contributed by atoms with Crippen LogP contribution in [-0.2, 0) is 6.61 Å². The smallest absolute Gasteiger partial charge is 0.192 e. The number of aliphatic hydroxyl groups excluding tert-OH is 1. The van der Waals surface area contributed by atoms with E-state index < -0.39 is 5.82 Å². The predicted molar refractivity (Wildman–Crippen MR) is 44.6 cm³/mol. The Morgan fingerprint density at radius 1 is 1.54 bits per heavy atom. The summed E-state index contributed by atoms with van der Waals surface area (Å²) in [6, 6.07) is 2.51. The van der Waals surface area contributed by atoms with Crippen LogP contribution in [0.1, 0.15) is 11.5 Å². The Labute approximate surface area is 73.8 Å². The minimum Gasteiger partial charge on any atom is -0.441 e. The number of aliphatic hydroxyl groups is 1. The third kappa shape index (κ3) is 1.29. The highest BCUT2D eigenvalue weighted by molar-refractivity contribution is 5.76. The van der Waals surface area contributed by atoms with Gasteiger partial charge in [-0.05, 0) is 6.07 Å². The average molecular weight is 181 g/mol. The van der Waals surface area contributed by atoms with E-state index >= 15 is 0 Å². The summed E-state index contributed by atoms with van der Waals surface area (Å²) in [5, 5.41) is 8.92. The Balaban J connectivity index is 2.80. The number of aromatic nitrogens is 1. The molecule has 0 unspecified atom stereocenters. The lowest BCUT2D eigenvalue weighted by molar-refractivity contribution is 0.282. The van der Waals surface area contributed by atoms with E-state index in [2.05, 4.69) is 4.98 Å². The maximum atomic E-state index is 12.9. The molecule has 0 atom stereocenters. The van der Waals surface area contributed by atoms with Gasteiger partial charge < -0.3 is 9.52 Å². The van der Waals surface area contributed by atoms with E-state index in [0.717, 1.165) is 0 Å². The molecular formula is C9H8FNO2. The van der Waals surface area contributed by atoms with Gasteiger partial charge in [0.2, 0.25) is 0 Å². The summed E-state index contributed by atoms with van der Waals surface area (Å²) in [7, 11) is 0. The molecule has 0 spiro atoms. The molecule has 0 fully saturated rings. The lowest BCUT2D eigenvalue weighted by Crippen LogP contribution is -1.87. The summed E-state index contributed by atoms with van der Waals surface area (Å²) < 4.78 is 18.0. The van der Waals surface area contributed by atoms with Crippen LogP contribution in [0.4, 0.5) is 4.39 Å². The lowest BCUT2D eigenvalue weighted by Gasteiger charge is -1.95. The molecule has 1 aromatic heterocycles. The van der Waals surface area contributed by atoms with Gasteiger partial charge in [-0.1, -0.05) is 0 Å². The van der Waals surface area contributed by atoms with Gasteiger partial charge >= 0.3 is 0 Å². The van der Waals surface area contributed by atoms with Crippen molar-refractivity contribution in [3.63, 3.8) is 0 Å². The van der Waals surface area contributed by atoms with Crippen molar-refractivity contribution in [2.45, 2.75) is 13.5 Å². The standard InChI is InChI=1S/C9H8FNO2/c1-5-11-9-6(4-12)2-7(10)3-8(9)13-5/h2-3,12H,4H2,1H3. The van der Waals surface area contributed by atoms with E-state index in [0.29, 0.717) is 22.6 Å². The van der Waals surface area contributed by atoms with Gasteiger partial charge in [-0.3, -0.25) is 0 Å². The first-order chi connectivity index (χ1) is 6.20. The third-order valence-electron chi connectivity index (χ3n) is 1.82. The molecule has 3 nitrogen and oxygen atoms in total. The molecule has 1 heterocycles. The van der Waals surface area contributed by atoms with Crippen LogP contribution in [0, 0.1) is 12.7 Å². The van der Waals surface area contributed by atoms with Crippen molar-refractivity contribution in [2.75, 3.05) is 0 Å². The normalized spacial score (nSPS) is 11.0. The zero-order chi connectivity index (χ0) is 9.42. The predicted octanol–water partition coefficient (Wildman–Crippen LogP) is 1.77. The summed E-state index contributed by atoms with van der Waals surface area (Å²) in [5.41, 5.74) is 1.36. The van der Waals surface area contributed by atoms with Crippen molar-refractivity contribution in [3.8, 4) is 0 Å². The first kappa shape index (κ1) is 8.19. The Morgan fingerprint density at radius 3 is 3.00 bits per heavy atom. The van der Waals surface area contributed by atoms with Crippen molar-refractivity contribution in [2.24, 2.45) is 0 Å². The molecule has 0 radical (unpaired) electrons. The van der Waals surface area contributed by atoms with Crippen LogP contribution in [0.5, 0.6) is 0 Å². The highest BCUT2D eigenvalue weighted by Gasteiger charge is 2.08. The number of nitrogens with zero attached hydrogens (tertiary/aromatic N) is 1. The maximum Gasteiger partial charge on any atom is 0.192 e.